The molecule has 29 heavy (non-hydrogen) atoms. The van der Waals surface area contributed by atoms with E-state index in [0.717, 1.165) is 22.1 Å². The number of ether oxygens (including phenoxy) is 3. The van der Waals surface area contributed by atoms with E-state index in [4.69, 9.17) is 14.2 Å². The molecular weight excluding hydrogens is 370 g/mol. The zero-order valence-electron chi connectivity index (χ0n) is 16.4. The molecule has 1 saturated heterocycles. The third-order valence-electron chi connectivity index (χ3n) is 5.22. The molecule has 0 saturated carbocycles. The Balaban J connectivity index is 1.55. The van der Waals surface area contributed by atoms with Gasteiger partial charge in [0.2, 0.25) is 0 Å². The summed E-state index contributed by atoms with van der Waals surface area (Å²) in [5, 5.41) is 11.9. The SMILES string of the molecule is COc1ccc2cc(C3CN(C(=O)c4ccc(O)c(OC)c4)CCO3)ccc2c1. The number of carbonyl (C=O) groups is 1. The number of phenols is 1. The van der Waals surface area contributed by atoms with Gasteiger partial charge in [0.25, 0.3) is 5.91 Å². The Morgan fingerprint density at radius 3 is 2.62 bits per heavy atom. The molecule has 6 heteroatoms. The van der Waals surface area contributed by atoms with Crippen LogP contribution in [0.5, 0.6) is 17.2 Å². The molecule has 3 aromatic rings. The molecule has 0 aromatic heterocycles. The van der Waals surface area contributed by atoms with Crippen molar-refractivity contribution in [2.75, 3.05) is 33.9 Å². The minimum atomic E-state index is -0.196. The van der Waals surface area contributed by atoms with Gasteiger partial charge < -0.3 is 24.2 Å². The lowest BCUT2D eigenvalue weighted by molar-refractivity contribution is -0.0227. The van der Waals surface area contributed by atoms with Crippen molar-refractivity contribution in [3.05, 3.63) is 65.7 Å². The van der Waals surface area contributed by atoms with E-state index < -0.39 is 0 Å². The van der Waals surface area contributed by atoms with Crippen molar-refractivity contribution >= 4 is 16.7 Å². The third-order valence-corrected chi connectivity index (χ3v) is 5.22. The van der Waals surface area contributed by atoms with Crippen LogP contribution in [-0.4, -0.2) is 49.8 Å². The number of rotatable bonds is 4. The summed E-state index contributed by atoms with van der Waals surface area (Å²) in [7, 11) is 3.12. The molecular formula is C23H23NO5. The summed E-state index contributed by atoms with van der Waals surface area (Å²) in [6.45, 7) is 1.44. The molecule has 1 amide bonds. The second-order valence-electron chi connectivity index (χ2n) is 6.97. The molecule has 1 atom stereocenters. The Bertz CT molecular complexity index is 1050. The molecule has 6 nitrogen and oxygen atoms in total. The first kappa shape index (κ1) is 19.1. The topological polar surface area (TPSA) is 68.2 Å². The molecule has 1 N–H and O–H groups in total. The fraction of sp³-hybridized carbons (Fsp3) is 0.261. The number of carbonyl (C=O) groups excluding carboxylic acids is 1. The highest BCUT2D eigenvalue weighted by Crippen LogP contribution is 2.30. The highest BCUT2D eigenvalue weighted by Gasteiger charge is 2.26. The second kappa shape index (κ2) is 8.01. The highest BCUT2D eigenvalue weighted by molar-refractivity contribution is 5.95. The van der Waals surface area contributed by atoms with Crippen LogP contribution in [0.4, 0.5) is 0 Å². The number of morpholine rings is 1. The molecule has 0 radical (unpaired) electrons. The van der Waals surface area contributed by atoms with Gasteiger partial charge in [0.05, 0.1) is 27.4 Å². The number of fused-ring (bicyclic) bond motifs is 1. The lowest BCUT2D eigenvalue weighted by Crippen LogP contribution is -2.42. The minimum absolute atomic E-state index is 0.0108. The Hall–Kier alpha value is -3.25. The predicted molar refractivity (Wildman–Crippen MR) is 110 cm³/mol. The average molecular weight is 393 g/mol. The van der Waals surface area contributed by atoms with Crippen LogP contribution < -0.4 is 9.47 Å². The van der Waals surface area contributed by atoms with E-state index >= 15 is 0 Å². The Morgan fingerprint density at radius 2 is 1.83 bits per heavy atom. The number of methoxy groups -OCH3 is 2. The molecule has 3 aromatic carbocycles. The molecule has 1 aliphatic rings. The van der Waals surface area contributed by atoms with Gasteiger partial charge in [-0.2, -0.15) is 0 Å². The average Bonchev–Trinajstić information content (AvgIpc) is 2.78. The van der Waals surface area contributed by atoms with Crippen LogP contribution in [0.25, 0.3) is 10.8 Å². The maximum Gasteiger partial charge on any atom is 0.254 e. The number of aromatic hydroxyl groups is 1. The van der Waals surface area contributed by atoms with Gasteiger partial charge >= 0.3 is 0 Å². The second-order valence-corrected chi connectivity index (χ2v) is 6.97. The van der Waals surface area contributed by atoms with Gasteiger partial charge in [-0.05, 0) is 52.7 Å². The molecule has 0 bridgehead atoms. The third kappa shape index (κ3) is 3.84. The van der Waals surface area contributed by atoms with Crippen molar-refractivity contribution in [1.82, 2.24) is 4.90 Å². The first-order chi connectivity index (χ1) is 14.1. The van der Waals surface area contributed by atoms with Gasteiger partial charge in [0.15, 0.2) is 11.5 Å². The van der Waals surface area contributed by atoms with Gasteiger partial charge in [-0.3, -0.25) is 4.79 Å². The first-order valence-electron chi connectivity index (χ1n) is 9.44. The molecule has 0 spiro atoms. The van der Waals surface area contributed by atoms with Crippen molar-refractivity contribution in [2.24, 2.45) is 0 Å². The number of hydrogen-bond acceptors (Lipinski definition) is 5. The summed E-state index contributed by atoms with van der Waals surface area (Å²) >= 11 is 0. The summed E-state index contributed by atoms with van der Waals surface area (Å²) < 4.78 is 16.4. The summed E-state index contributed by atoms with van der Waals surface area (Å²) in [5.74, 6) is 1.00. The van der Waals surface area contributed by atoms with Crippen LogP contribution >= 0.6 is 0 Å². The first-order valence-corrected chi connectivity index (χ1v) is 9.44. The number of hydrogen-bond donors (Lipinski definition) is 1. The van der Waals surface area contributed by atoms with E-state index in [9.17, 15) is 9.90 Å². The number of phenolic OH excluding ortho intramolecular Hbond substituents is 1. The minimum Gasteiger partial charge on any atom is -0.504 e. The smallest absolute Gasteiger partial charge is 0.254 e. The van der Waals surface area contributed by atoms with Gasteiger partial charge in [0, 0.05) is 12.1 Å². The fourth-order valence-corrected chi connectivity index (χ4v) is 3.60. The fourth-order valence-electron chi connectivity index (χ4n) is 3.60. The van der Waals surface area contributed by atoms with Crippen LogP contribution in [0, 0.1) is 0 Å². The molecule has 1 aliphatic heterocycles. The van der Waals surface area contributed by atoms with Crippen LogP contribution in [0.1, 0.15) is 22.0 Å². The van der Waals surface area contributed by atoms with Crippen molar-refractivity contribution < 1.29 is 24.1 Å². The van der Waals surface area contributed by atoms with Gasteiger partial charge in [-0.15, -0.1) is 0 Å². The maximum absolute atomic E-state index is 13.0. The molecule has 0 aliphatic carbocycles. The standard InChI is InChI=1S/C23H23NO5/c1-27-19-7-5-15-11-17(4-3-16(15)12-19)22-14-24(9-10-29-22)23(26)18-6-8-20(25)21(13-18)28-2/h3-8,11-13,22,25H,9-10,14H2,1-2H3. The van der Waals surface area contributed by atoms with Gasteiger partial charge in [0.1, 0.15) is 11.9 Å². The van der Waals surface area contributed by atoms with E-state index in [1.165, 1.54) is 13.2 Å². The van der Waals surface area contributed by atoms with Crippen LogP contribution in [-0.2, 0) is 4.74 Å². The van der Waals surface area contributed by atoms with E-state index in [0.29, 0.717) is 25.3 Å². The zero-order chi connectivity index (χ0) is 20.4. The normalized spacial score (nSPS) is 16.6. The van der Waals surface area contributed by atoms with Crippen molar-refractivity contribution in [3.8, 4) is 17.2 Å². The summed E-state index contributed by atoms with van der Waals surface area (Å²) in [4.78, 5) is 14.7. The van der Waals surface area contributed by atoms with Crippen molar-refractivity contribution in [3.63, 3.8) is 0 Å². The lowest BCUT2D eigenvalue weighted by atomic mass is 10.0. The van der Waals surface area contributed by atoms with Gasteiger partial charge in [-0.1, -0.05) is 18.2 Å². The quantitative estimate of drug-likeness (QED) is 0.731. The maximum atomic E-state index is 13.0. The Labute approximate surface area is 169 Å². The molecule has 1 fully saturated rings. The van der Waals surface area contributed by atoms with E-state index in [-0.39, 0.29) is 23.5 Å². The largest absolute Gasteiger partial charge is 0.504 e. The summed E-state index contributed by atoms with van der Waals surface area (Å²) in [6, 6.07) is 16.8. The predicted octanol–water partition coefficient (Wildman–Crippen LogP) is 3.78. The molecule has 1 unspecified atom stereocenters. The van der Waals surface area contributed by atoms with Gasteiger partial charge in [-0.25, -0.2) is 0 Å². The van der Waals surface area contributed by atoms with E-state index in [2.05, 4.69) is 6.07 Å². The van der Waals surface area contributed by atoms with E-state index in [1.54, 1.807) is 24.1 Å². The Morgan fingerprint density at radius 1 is 1.03 bits per heavy atom. The number of nitrogens with zero attached hydrogens (tertiary/aromatic N) is 1. The molecule has 150 valence electrons. The van der Waals surface area contributed by atoms with Crippen LogP contribution in [0.2, 0.25) is 0 Å². The molecule has 1 heterocycles. The monoisotopic (exact) mass is 393 g/mol. The lowest BCUT2D eigenvalue weighted by Gasteiger charge is -2.33. The zero-order valence-corrected chi connectivity index (χ0v) is 16.4. The highest BCUT2D eigenvalue weighted by atomic mass is 16.5. The number of amides is 1. The van der Waals surface area contributed by atoms with Crippen molar-refractivity contribution in [2.45, 2.75) is 6.10 Å². The Kier molecular flexibility index (Phi) is 5.27. The summed E-state index contributed by atoms with van der Waals surface area (Å²) in [6.07, 6.45) is -0.196. The van der Waals surface area contributed by atoms with Crippen molar-refractivity contribution in [1.29, 1.82) is 0 Å². The van der Waals surface area contributed by atoms with Crippen LogP contribution in [0.15, 0.2) is 54.6 Å². The number of benzene rings is 3. The summed E-state index contributed by atoms with van der Waals surface area (Å²) in [5.41, 5.74) is 1.51. The van der Waals surface area contributed by atoms with Crippen LogP contribution in [0.3, 0.4) is 0 Å². The molecule has 4 rings (SSSR count). The van der Waals surface area contributed by atoms with E-state index in [1.807, 2.05) is 30.3 Å².